The fraction of sp³-hybridized carbons (Fsp3) is 0.261. The molecule has 162 valence electrons. The van der Waals surface area contributed by atoms with E-state index in [1.807, 2.05) is 44.4 Å². The number of ether oxygens (including phenoxy) is 3. The van der Waals surface area contributed by atoms with E-state index in [4.69, 9.17) is 14.2 Å². The second-order valence-corrected chi connectivity index (χ2v) is 7.55. The Morgan fingerprint density at radius 2 is 1.81 bits per heavy atom. The van der Waals surface area contributed by atoms with Crippen molar-refractivity contribution in [2.75, 3.05) is 25.1 Å². The standard InChI is InChI=1S/C23H24N2O5S/c1-4-28-20-10-9-17(12-21(20)29-5-2)23(27)30-13-22(26)25-18-8-6-7-16(11-18)19-14-31-15(3)24-19/h6-12,14H,4-5,13H2,1-3H3,(H,25,26). The average molecular weight is 441 g/mol. The molecule has 8 heteroatoms. The molecule has 31 heavy (non-hydrogen) atoms. The fourth-order valence-electron chi connectivity index (χ4n) is 2.84. The van der Waals surface area contributed by atoms with Gasteiger partial charge in [0.2, 0.25) is 0 Å². The summed E-state index contributed by atoms with van der Waals surface area (Å²) in [5.74, 6) is -0.0482. The summed E-state index contributed by atoms with van der Waals surface area (Å²) in [5.41, 5.74) is 2.63. The largest absolute Gasteiger partial charge is 0.490 e. The molecule has 0 radical (unpaired) electrons. The van der Waals surface area contributed by atoms with Crippen LogP contribution in [0.4, 0.5) is 5.69 Å². The zero-order valence-electron chi connectivity index (χ0n) is 17.6. The first-order valence-electron chi connectivity index (χ1n) is 9.89. The van der Waals surface area contributed by atoms with Gasteiger partial charge >= 0.3 is 5.97 Å². The number of aromatic nitrogens is 1. The molecule has 3 aromatic rings. The zero-order chi connectivity index (χ0) is 22.2. The summed E-state index contributed by atoms with van der Waals surface area (Å²) in [4.78, 5) is 29.1. The maximum Gasteiger partial charge on any atom is 0.338 e. The second-order valence-electron chi connectivity index (χ2n) is 6.48. The molecule has 0 bridgehead atoms. The van der Waals surface area contributed by atoms with Crippen LogP contribution in [0.1, 0.15) is 29.2 Å². The SMILES string of the molecule is CCOc1ccc(C(=O)OCC(=O)Nc2cccc(-c3csc(C)n3)c2)cc1OCC. The number of thiazole rings is 1. The third kappa shape index (κ3) is 6.05. The molecule has 0 aliphatic carbocycles. The number of benzene rings is 2. The van der Waals surface area contributed by atoms with Crippen LogP contribution in [0.25, 0.3) is 11.3 Å². The third-order valence-corrected chi connectivity index (χ3v) is 4.95. The minimum atomic E-state index is -0.620. The predicted molar refractivity (Wildman–Crippen MR) is 120 cm³/mol. The van der Waals surface area contributed by atoms with Crippen LogP contribution < -0.4 is 14.8 Å². The van der Waals surface area contributed by atoms with E-state index in [0.29, 0.717) is 30.4 Å². The predicted octanol–water partition coefficient (Wildman–Crippen LogP) is 4.71. The lowest BCUT2D eigenvalue weighted by Gasteiger charge is -2.12. The molecule has 0 atom stereocenters. The van der Waals surface area contributed by atoms with E-state index in [2.05, 4.69) is 10.3 Å². The summed E-state index contributed by atoms with van der Waals surface area (Å²) in [5, 5.41) is 5.67. The van der Waals surface area contributed by atoms with Gasteiger partial charge in [-0.3, -0.25) is 4.79 Å². The number of rotatable bonds is 9. The van der Waals surface area contributed by atoms with E-state index in [1.165, 1.54) is 0 Å². The van der Waals surface area contributed by atoms with Crippen molar-refractivity contribution in [2.24, 2.45) is 0 Å². The van der Waals surface area contributed by atoms with Crippen molar-refractivity contribution < 1.29 is 23.8 Å². The number of carbonyl (C=O) groups excluding carboxylic acids is 2. The monoisotopic (exact) mass is 440 g/mol. The van der Waals surface area contributed by atoms with E-state index in [9.17, 15) is 9.59 Å². The van der Waals surface area contributed by atoms with Crippen LogP contribution in [-0.4, -0.2) is 36.7 Å². The van der Waals surface area contributed by atoms with Crippen LogP contribution in [0.2, 0.25) is 0 Å². The Labute approximate surface area is 185 Å². The highest BCUT2D eigenvalue weighted by Gasteiger charge is 2.14. The fourth-order valence-corrected chi connectivity index (χ4v) is 3.46. The van der Waals surface area contributed by atoms with Crippen LogP contribution >= 0.6 is 11.3 Å². The molecular weight excluding hydrogens is 416 g/mol. The molecule has 0 saturated heterocycles. The Bertz CT molecular complexity index is 1060. The summed E-state index contributed by atoms with van der Waals surface area (Å²) in [7, 11) is 0. The summed E-state index contributed by atoms with van der Waals surface area (Å²) in [6.07, 6.45) is 0. The Hall–Kier alpha value is -3.39. The van der Waals surface area contributed by atoms with Crippen molar-refractivity contribution in [3.05, 3.63) is 58.4 Å². The topological polar surface area (TPSA) is 86.8 Å². The molecule has 3 rings (SSSR count). The first-order valence-corrected chi connectivity index (χ1v) is 10.8. The summed E-state index contributed by atoms with van der Waals surface area (Å²) < 4.78 is 16.2. The minimum Gasteiger partial charge on any atom is -0.490 e. The normalized spacial score (nSPS) is 10.4. The number of nitrogens with zero attached hydrogens (tertiary/aromatic N) is 1. The smallest absolute Gasteiger partial charge is 0.338 e. The Morgan fingerprint density at radius 3 is 2.52 bits per heavy atom. The molecule has 1 aromatic heterocycles. The molecular formula is C23H24N2O5S. The number of anilines is 1. The molecule has 1 heterocycles. The number of amides is 1. The zero-order valence-corrected chi connectivity index (χ0v) is 18.5. The summed E-state index contributed by atoms with van der Waals surface area (Å²) >= 11 is 1.56. The van der Waals surface area contributed by atoms with Crippen LogP contribution in [0.15, 0.2) is 47.8 Å². The van der Waals surface area contributed by atoms with Crippen LogP contribution in [0.5, 0.6) is 11.5 Å². The maximum absolute atomic E-state index is 12.4. The molecule has 2 aromatic carbocycles. The third-order valence-electron chi connectivity index (χ3n) is 4.17. The minimum absolute atomic E-state index is 0.278. The van der Waals surface area contributed by atoms with E-state index in [-0.39, 0.29) is 5.56 Å². The molecule has 0 aliphatic heterocycles. The number of hydrogen-bond acceptors (Lipinski definition) is 7. The Balaban J connectivity index is 1.59. The lowest BCUT2D eigenvalue weighted by atomic mass is 10.1. The van der Waals surface area contributed by atoms with E-state index in [0.717, 1.165) is 16.3 Å². The number of carbonyl (C=O) groups is 2. The van der Waals surface area contributed by atoms with Gasteiger partial charge in [0.15, 0.2) is 18.1 Å². The van der Waals surface area contributed by atoms with Crippen molar-refractivity contribution in [2.45, 2.75) is 20.8 Å². The number of nitrogens with one attached hydrogen (secondary N) is 1. The van der Waals surface area contributed by atoms with Gasteiger partial charge in [-0.2, -0.15) is 0 Å². The first-order chi connectivity index (χ1) is 15.0. The van der Waals surface area contributed by atoms with E-state index >= 15 is 0 Å². The second kappa shape index (κ2) is 10.6. The maximum atomic E-state index is 12.4. The van der Waals surface area contributed by atoms with Crippen molar-refractivity contribution in [1.29, 1.82) is 0 Å². The van der Waals surface area contributed by atoms with Crippen molar-refractivity contribution in [1.82, 2.24) is 4.98 Å². The first kappa shape index (κ1) is 22.3. The van der Waals surface area contributed by atoms with Crippen molar-refractivity contribution in [3.8, 4) is 22.8 Å². The Kier molecular flexibility index (Phi) is 7.61. The highest BCUT2D eigenvalue weighted by atomic mass is 32.1. The molecule has 0 unspecified atom stereocenters. The number of aryl methyl sites for hydroxylation is 1. The molecule has 7 nitrogen and oxygen atoms in total. The number of hydrogen-bond donors (Lipinski definition) is 1. The molecule has 0 saturated carbocycles. The van der Waals surface area contributed by atoms with Crippen LogP contribution in [-0.2, 0) is 9.53 Å². The quantitative estimate of drug-likeness (QED) is 0.485. The van der Waals surface area contributed by atoms with Crippen molar-refractivity contribution >= 4 is 28.9 Å². The van der Waals surface area contributed by atoms with Gasteiger partial charge in [-0.25, -0.2) is 9.78 Å². The van der Waals surface area contributed by atoms with Gasteiger partial charge in [-0.1, -0.05) is 12.1 Å². The van der Waals surface area contributed by atoms with Crippen LogP contribution in [0.3, 0.4) is 0 Å². The molecule has 0 spiro atoms. The van der Waals surface area contributed by atoms with E-state index in [1.54, 1.807) is 35.6 Å². The van der Waals surface area contributed by atoms with E-state index < -0.39 is 18.5 Å². The average Bonchev–Trinajstić information content (AvgIpc) is 3.20. The lowest BCUT2D eigenvalue weighted by molar-refractivity contribution is -0.119. The molecule has 0 aliphatic rings. The highest BCUT2D eigenvalue weighted by molar-refractivity contribution is 7.09. The van der Waals surface area contributed by atoms with Gasteiger partial charge in [0.05, 0.1) is 29.5 Å². The van der Waals surface area contributed by atoms with Gasteiger partial charge in [0.25, 0.3) is 5.91 Å². The molecule has 1 N–H and O–H groups in total. The molecule has 1 amide bonds. The van der Waals surface area contributed by atoms with Crippen molar-refractivity contribution in [3.63, 3.8) is 0 Å². The summed E-state index contributed by atoms with van der Waals surface area (Å²) in [6, 6.07) is 12.1. The number of esters is 1. The Morgan fingerprint density at radius 1 is 1.03 bits per heavy atom. The van der Waals surface area contributed by atoms with Gasteiger partial charge in [-0.05, 0) is 51.1 Å². The van der Waals surface area contributed by atoms with Gasteiger partial charge in [0, 0.05) is 16.6 Å². The van der Waals surface area contributed by atoms with Crippen LogP contribution in [0, 0.1) is 6.92 Å². The van der Waals surface area contributed by atoms with Gasteiger partial charge in [0.1, 0.15) is 0 Å². The van der Waals surface area contributed by atoms with Gasteiger partial charge in [-0.15, -0.1) is 11.3 Å². The van der Waals surface area contributed by atoms with Gasteiger partial charge < -0.3 is 19.5 Å². The molecule has 0 fully saturated rings. The lowest BCUT2D eigenvalue weighted by Crippen LogP contribution is -2.21. The highest BCUT2D eigenvalue weighted by Crippen LogP contribution is 2.29. The summed E-state index contributed by atoms with van der Waals surface area (Å²) in [6.45, 7) is 6.15.